The minimum absolute atomic E-state index is 0.354. The van der Waals surface area contributed by atoms with Crippen molar-refractivity contribution < 1.29 is 0 Å². The zero-order valence-corrected chi connectivity index (χ0v) is 34.0. The molecule has 0 bridgehead atoms. The van der Waals surface area contributed by atoms with Crippen LogP contribution in [0.4, 0.5) is 11.4 Å². The molecule has 54 heavy (non-hydrogen) atoms. The molecular formula is C51H55Cl2N. The molecule has 0 heterocycles. The van der Waals surface area contributed by atoms with Crippen LogP contribution in [-0.4, -0.2) is 0 Å². The second kappa shape index (κ2) is 17.2. The number of fused-ring (bicyclic) bond motifs is 1. The molecule has 1 nitrogen and oxygen atoms in total. The predicted molar refractivity (Wildman–Crippen MR) is 236 cm³/mol. The highest BCUT2D eigenvalue weighted by Crippen LogP contribution is 2.51. The number of halogens is 2. The quantitative estimate of drug-likeness (QED) is 0.173. The summed E-state index contributed by atoms with van der Waals surface area (Å²) in [5.74, 6) is 1.41. The summed E-state index contributed by atoms with van der Waals surface area (Å²) in [5, 5.41) is 0. The summed E-state index contributed by atoms with van der Waals surface area (Å²) in [7, 11) is 0. The molecule has 0 radical (unpaired) electrons. The second-order valence-corrected chi connectivity index (χ2v) is 17.1. The lowest BCUT2D eigenvalue weighted by atomic mass is 9.76. The van der Waals surface area contributed by atoms with Gasteiger partial charge in [-0.2, -0.15) is 0 Å². The molecule has 0 amide bonds. The average molecular weight is 753 g/mol. The van der Waals surface area contributed by atoms with Gasteiger partial charge in [-0.05, 0) is 147 Å². The van der Waals surface area contributed by atoms with Crippen molar-refractivity contribution in [3.05, 3.63) is 184 Å². The molecule has 1 fully saturated rings. The summed E-state index contributed by atoms with van der Waals surface area (Å²) in [6.45, 7) is 8.83. The van der Waals surface area contributed by atoms with E-state index in [4.69, 9.17) is 23.2 Å². The molecule has 0 spiro atoms. The lowest BCUT2D eigenvalue weighted by Crippen LogP contribution is -2.20. The van der Waals surface area contributed by atoms with E-state index in [2.05, 4.69) is 160 Å². The summed E-state index contributed by atoms with van der Waals surface area (Å²) in [6, 6.07) is 14.0. The Morgan fingerprint density at radius 3 is 2.43 bits per heavy atom. The molecule has 278 valence electrons. The largest absolute Gasteiger partial charge is 0.311 e. The maximum absolute atomic E-state index is 7.19. The van der Waals surface area contributed by atoms with Crippen LogP contribution in [-0.2, 0) is 10.8 Å². The first kappa shape index (κ1) is 38.2. The number of hydrogen-bond acceptors (Lipinski definition) is 1. The summed E-state index contributed by atoms with van der Waals surface area (Å²) in [5.41, 5.74) is 15.5. The van der Waals surface area contributed by atoms with Crippen molar-refractivity contribution in [2.24, 2.45) is 11.8 Å². The van der Waals surface area contributed by atoms with Crippen LogP contribution < -0.4 is 4.90 Å². The van der Waals surface area contributed by atoms with E-state index in [1.807, 2.05) is 6.08 Å². The monoisotopic (exact) mass is 751 g/mol. The lowest BCUT2D eigenvalue weighted by molar-refractivity contribution is 0.723. The third-order valence-corrected chi connectivity index (χ3v) is 12.1. The van der Waals surface area contributed by atoms with Gasteiger partial charge in [0.1, 0.15) is 4.33 Å². The summed E-state index contributed by atoms with van der Waals surface area (Å²) < 4.78 is -1.04. The predicted octanol–water partition coefficient (Wildman–Crippen LogP) is 15.3. The molecule has 3 heteroatoms. The van der Waals surface area contributed by atoms with Gasteiger partial charge in [0.25, 0.3) is 0 Å². The number of anilines is 2. The third-order valence-electron chi connectivity index (χ3n) is 11.4. The van der Waals surface area contributed by atoms with Crippen LogP contribution in [0.1, 0.15) is 107 Å². The van der Waals surface area contributed by atoms with Crippen LogP contribution in [0.5, 0.6) is 0 Å². The highest BCUT2D eigenvalue weighted by atomic mass is 35.5. The van der Waals surface area contributed by atoms with Crippen molar-refractivity contribution in [3.8, 4) is 0 Å². The molecule has 2 atom stereocenters. The summed E-state index contributed by atoms with van der Waals surface area (Å²) in [4.78, 5) is 2.43. The lowest BCUT2D eigenvalue weighted by Gasteiger charge is -2.33. The van der Waals surface area contributed by atoms with Gasteiger partial charge < -0.3 is 4.90 Å². The van der Waals surface area contributed by atoms with Gasteiger partial charge in [0, 0.05) is 35.3 Å². The van der Waals surface area contributed by atoms with Crippen molar-refractivity contribution in [2.45, 2.75) is 95.7 Å². The van der Waals surface area contributed by atoms with Crippen molar-refractivity contribution in [3.63, 3.8) is 0 Å². The van der Waals surface area contributed by atoms with E-state index in [-0.39, 0.29) is 0 Å². The Morgan fingerprint density at radius 1 is 0.889 bits per heavy atom. The maximum atomic E-state index is 7.19. The summed E-state index contributed by atoms with van der Waals surface area (Å²) >= 11 is 14.4. The molecule has 0 aromatic heterocycles. The molecule has 1 saturated carbocycles. The Labute approximate surface area is 334 Å². The molecule has 5 aliphatic rings. The van der Waals surface area contributed by atoms with Crippen molar-refractivity contribution in [1.82, 2.24) is 0 Å². The van der Waals surface area contributed by atoms with E-state index >= 15 is 0 Å². The standard InChI is InChI=1S/C51H55Cl2N/c1-5-7-16-37(6-2)48-34-44(30-31-46(48)47-21-15-20-42(33-36(3)4)50(47)41-22-23-41)54(43-27-24-39(25-28-43)38-17-12-10-13-18-38)45-29-26-40-19-11-8-9-14-32-51(52,53)49(40)35-45/h5,7-9,11-12,14-18,20,24,26-31,33-35,39,41,47H,6,10,13,19,21-23,25,32H2,1-4H3/b7-5-,11-8-,14-9-,37-16+. The number of allylic oxidation sites excluding steroid dienone is 21. The zero-order valence-electron chi connectivity index (χ0n) is 32.5. The maximum Gasteiger partial charge on any atom is 0.146 e. The molecule has 0 aliphatic heterocycles. The topological polar surface area (TPSA) is 3.24 Å². The van der Waals surface area contributed by atoms with Gasteiger partial charge in [-0.15, -0.1) is 0 Å². The molecule has 0 N–H and O–H groups in total. The Morgan fingerprint density at radius 2 is 1.70 bits per heavy atom. The van der Waals surface area contributed by atoms with Crippen LogP contribution in [0.25, 0.3) is 5.57 Å². The fraction of sp³-hybridized carbons (Fsp3) is 0.333. The smallest absolute Gasteiger partial charge is 0.146 e. The fourth-order valence-electron chi connectivity index (χ4n) is 8.56. The van der Waals surface area contributed by atoms with Gasteiger partial charge in [-0.1, -0.05) is 145 Å². The second-order valence-electron chi connectivity index (χ2n) is 15.6. The van der Waals surface area contributed by atoms with E-state index in [9.17, 15) is 0 Å². The number of benzene rings is 2. The Bertz CT molecular complexity index is 2080. The molecule has 2 aromatic rings. The first-order valence-corrected chi connectivity index (χ1v) is 20.9. The molecule has 2 aromatic carbocycles. The number of alkyl halides is 2. The first-order chi connectivity index (χ1) is 26.3. The van der Waals surface area contributed by atoms with Crippen LogP contribution in [0.3, 0.4) is 0 Å². The van der Waals surface area contributed by atoms with Crippen molar-refractivity contribution in [1.29, 1.82) is 0 Å². The van der Waals surface area contributed by atoms with Crippen LogP contribution in [0.15, 0.2) is 162 Å². The Hall–Kier alpha value is -4.04. The highest BCUT2D eigenvalue weighted by Gasteiger charge is 2.36. The van der Waals surface area contributed by atoms with E-state index in [0.29, 0.717) is 24.2 Å². The molecule has 2 unspecified atom stereocenters. The van der Waals surface area contributed by atoms with Crippen LogP contribution in [0.2, 0.25) is 0 Å². The minimum Gasteiger partial charge on any atom is -0.311 e. The molecule has 5 aliphatic carbocycles. The minimum atomic E-state index is -1.04. The molecule has 7 rings (SSSR count). The van der Waals surface area contributed by atoms with Gasteiger partial charge in [-0.25, -0.2) is 0 Å². The first-order valence-electron chi connectivity index (χ1n) is 20.2. The number of nitrogens with zero attached hydrogens (tertiary/aromatic N) is 1. The Kier molecular flexibility index (Phi) is 12.2. The van der Waals surface area contributed by atoms with E-state index in [1.165, 1.54) is 52.0 Å². The van der Waals surface area contributed by atoms with Crippen LogP contribution in [0, 0.1) is 11.8 Å². The number of hydrogen-bond donors (Lipinski definition) is 0. The third kappa shape index (κ3) is 8.59. The highest BCUT2D eigenvalue weighted by molar-refractivity contribution is 6.48. The van der Waals surface area contributed by atoms with Gasteiger partial charge in [0.2, 0.25) is 0 Å². The SMILES string of the molecule is C/C=C\C=C(/CC)c1cc(N(C2=CCC(C3=CCCC=C3)C=C2)c2ccc3c(c2)C(Cl)(Cl)C/C=C\C=C/C3)ccc1C1CC=CC(C=C(C)C)=C1C1CC1. The number of rotatable bonds is 10. The van der Waals surface area contributed by atoms with Gasteiger partial charge in [0.05, 0.1) is 0 Å². The van der Waals surface area contributed by atoms with Crippen molar-refractivity contribution >= 4 is 40.1 Å². The van der Waals surface area contributed by atoms with Gasteiger partial charge in [0.15, 0.2) is 0 Å². The van der Waals surface area contributed by atoms with E-state index < -0.39 is 4.33 Å². The summed E-state index contributed by atoms with van der Waals surface area (Å²) in [6.07, 6.45) is 45.5. The zero-order chi connectivity index (χ0) is 37.7. The van der Waals surface area contributed by atoms with Crippen molar-refractivity contribution in [2.75, 3.05) is 4.90 Å². The normalized spacial score (nSPS) is 23.6. The average Bonchev–Trinajstić information content (AvgIpc) is 4.02. The molecule has 0 saturated heterocycles. The van der Waals surface area contributed by atoms with E-state index in [1.54, 1.807) is 5.57 Å². The Balaban J connectivity index is 1.39. The van der Waals surface area contributed by atoms with Gasteiger partial charge in [-0.3, -0.25) is 0 Å². The van der Waals surface area contributed by atoms with Crippen LogP contribution >= 0.6 is 23.2 Å². The molecular weight excluding hydrogens is 697 g/mol. The fourth-order valence-corrected chi connectivity index (χ4v) is 9.09. The van der Waals surface area contributed by atoms with E-state index in [0.717, 1.165) is 61.0 Å². The van der Waals surface area contributed by atoms with Gasteiger partial charge >= 0.3 is 0 Å².